The highest BCUT2D eigenvalue weighted by Crippen LogP contribution is 2.69. The van der Waals surface area contributed by atoms with Gasteiger partial charge >= 0.3 is 5.97 Å². The third kappa shape index (κ3) is 4.02. The molecule has 1 aromatic carbocycles. The molecule has 1 aromatic rings. The lowest BCUT2D eigenvalue weighted by molar-refractivity contribution is -0.167. The minimum absolute atomic E-state index is 0.0642. The second-order valence-corrected chi connectivity index (χ2v) is 12.1. The van der Waals surface area contributed by atoms with E-state index in [1.54, 1.807) is 0 Å². The van der Waals surface area contributed by atoms with E-state index in [4.69, 9.17) is 4.74 Å². The van der Waals surface area contributed by atoms with Crippen molar-refractivity contribution in [2.75, 3.05) is 13.1 Å². The molecule has 1 spiro atoms. The summed E-state index contributed by atoms with van der Waals surface area (Å²) in [6, 6.07) is 10.3. The number of benzene rings is 1. The Bertz CT molecular complexity index is 1050. The molecule has 0 bridgehead atoms. The summed E-state index contributed by atoms with van der Waals surface area (Å²) in [6.45, 7) is 9.25. The van der Waals surface area contributed by atoms with Crippen molar-refractivity contribution < 1.29 is 19.4 Å². The Morgan fingerprint density at radius 1 is 1.06 bits per heavy atom. The average Bonchev–Trinajstić information content (AvgIpc) is 3.71. The lowest BCUT2D eigenvalue weighted by Gasteiger charge is -2.40. The van der Waals surface area contributed by atoms with E-state index >= 15 is 0 Å². The highest BCUT2D eigenvalue weighted by molar-refractivity contribution is 5.88. The van der Waals surface area contributed by atoms with Crippen molar-refractivity contribution in [2.45, 2.75) is 77.4 Å². The van der Waals surface area contributed by atoms with Crippen LogP contribution in [0, 0.1) is 16.7 Å². The van der Waals surface area contributed by atoms with E-state index in [9.17, 15) is 14.7 Å². The van der Waals surface area contributed by atoms with E-state index in [0.717, 1.165) is 19.3 Å². The van der Waals surface area contributed by atoms with Crippen LogP contribution in [0.4, 0.5) is 0 Å². The molecule has 2 unspecified atom stereocenters. The molecule has 1 amide bonds. The van der Waals surface area contributed by atoms with Gasteiger partial charge in [-0.25, -0.2) is 0 Å². The van der Waals surface area contributed by atoms with Gasteiger partial charge in [0.15, 0.2) is 0 Å². The first kappa shape index (κ1) is 23.3. The standard InChI is InChI=1S/C29H37NO4/c1-20-18-28(25(32)34-26(2,3)4,11-10-22(20)21-8-6-5-7-9-21)23-19-27(23)14-16-30(17-15-27)24(31)29(33)12-13-29/h5-11,23,33H,12-19H2,1-4H3. The molecular weight excluding hydrogens is 426 g/mol. The van der Waals surface area contributed by atoms with Crippen LogP contribution in [0.15, 0.2) is 48.1 Å². The molecule has 1 saturated heterocycles. The number of nitrogens with zero attached hydrogens (tertiary/aromatic N) is 1. The summed E-state index contributed by atoms with van der Waals surface area (Å²) < 4.78 is 6.01. The number of esters is 1. The average molecular weight is 464 g/mol. The van der Waals surface area contributed by atoms with Gasteiger partial charge in [-0.05, 0) is 88.7 Å². The van der Waals surface area contributed by atoms with Crippen molar-refractivity contribution in [3.05, 3.63) is 53.6 Å². The molecule has 1 aliphatic heterocycles. The van der Waals surface area contributed by atoms with Gasteiger partial charge in [-0.3, -0.25) is 9.59 Å². The van der Waals surface area contributed by atoms with Gasteiger partial charge in [0.05, 0.1) is 5.41 Å². The third-order valence-electron chi connectivity index (χ3n) is 8.41. The number of aliphatic hydroxyl groups is 1. The first-order valence-corrected chi connectivity index (χ1v) is 12.7. The van der Waals surface area contributed by atoms with E-state index in [2.05, 4.69) is 31.2 Å². The normalized spacial score (nSPS) is 29.2. The van der Waals surface area contributed by atoms with Gasteiger partial charge in [-0.1, -0.05) is 48.1 Å². The molecule has 5 rings (SSSR count). The van der Waals surface area contributed by atoms with Gasteiger partial charge in [0.2, 0.25) is 0 Å². The molecule has 2 atom stereocenters. The van der Waals surface area contributed by atoms with Gasteiger partial charge in [-0.2, -0.15) is 0 Å². The number of ether oxygens (including phenoxy) is 1. The number of likely N-dealkylation sites (tertiary alicyclic amines) is 1. The van der Waals surface area contributed by atoms with Gasteiger partial charge in [0, 0.05) is 13.1 Å². The van der Waals surface area contributed by atoms with Crippen molar-refractivity contribution in [1.82, 2.24) is 4.90 Å². The number of hydrogen-bond acceptors (Lipinski definition) is 4. The summed E-state index contributed by atoms with van der Waals surface area (Å²) in [5.41, 5.74) is 1.31. The SMILES string of the molecule is CC1=C(c2ccccc2)C=CC(C(=O)OC(C)(C)C)(C2CC23CCN(C(=O)C2(O)CC2)CC3)C1. The van der Waals surface area contributed by atoms with Crippen molar-refractivity contribution >= 4 is 17.4 Å². The summed E-state index contributed by atoms with van der Waals surface area (Å²) in [4.78, 5) is 28.2. The van der Waals surface area contributed by atoms with Gasteiger partial charge < -0.3 is 14.7 Å². The summed E-state index contributed by atoms with van der Waals surface area (Å²) in [6.07, 6.45) is 8.83. The monoisotopic (exact) mass is 463 g/mol. The van der Waals surface area contributed by atoms with E-state index in [1.807, 2.05) is 43.9 Å². The molecular formula is C29H37NO4. The van der Waals surface area contributed by atoms with Crippen molar-refractivity contribution in [2.24, 2.45) is 16.7 Å². The van der Waals surface area contributed by atoms with E-state index < -0.39 is 16.6 Å². The van der Waals surface area contributed by atoms with Crippen LogP contribution in [-0.4, -0.2) is 46.2 Å². The zero-order valence-corrected chi connectivity index (χ0v) is 20.9. The molecule has 1 N–H and O–H groups in total. The maximum atomic E-state index is 13.8. The Kier molecular flexibility index (Phi) is 5.36. The molecule has 0 aromatic heterocycles. The number of rotatable bonds is 4. The van der Waals surface area contributed by atoms with E-state index in [-0.39, 0.29) is 23.2 Å². The van der Waals surface area contributed by atoms with Crippen LogP contribution in [0.3, 0.4) is 0 Å². The van der Waals surface area contributed by atoms with Crippen LogP contribution in [0.5, 0.6) is 0 Å². The maximum Gasteiger partial charge on any atom is 0.317 e. The largest absolute Gasteiger partial charge is 0.459 e. The first-order valence-electron chi connectivity index (χ1n) is 12.7. The predicted molar refractivity (Wildman–Crippen MR) is 132 cm³/mol. The zero-order chi connectivity index (χ0) is 24.4. The molecule has 3 fully saturated rings. The fraction of sp³-hybridized carbons (Fsp3) is 0.586. The summed E-state index contributed by atoms with van der Waals surface area (Å²) >= 11 is 0. The smallest absolute Gasteiger partial charge is 0.317 e. The van der Waals surface area contributed by atoms with Crippen molar-refractivity contribution in [3.63, 3.8) is 0 Å². The quantitative estimate of drug-likeness (QED) is 0.645. The molecule has 0 radical (unpaired) electrons. The fourth-order valence-electron chi connectivity index (χ4n) is 6.23. The summed E-state index contributed by atoms with van der Waals surface area (Å²) in [5, 5.41) is 10.3. The highest BCUT2D eigenvalue weighted by Gasteiger charge is 2.67. The molecule has 3 aliphatic carbocycles. The van der Waals surface area contributed by atoms with Crippen molar-refractivity contribution in [1.29, 1.82) is 0 Å². The molecule has 1 heterocycles. The molecule has 2 saturated carbocycles. The van der Waals surface area contributed by atoms with Gasteiger partial charge in [0.25, 0.3) is 5.91 Å². The molecule has 5 nitrogen and oxygen atoms in total. The Morgan fingerprint density at radius 2 is 1.71 bits per heavy atom. The van der Waals surface area contributed by atoms with Gasteiger partial charge in [-0.15, -0.1) is 0 Å². The first-order chi connectivity index (χ1) is 16.0. The van der Waals surface area contributed by atoms with E-state index in [1.165, 1.54) is 16.7 Å². The number of piperidine rings is 1. The Hall–Kier alpha value is -2.40. The van der Waals surface area contributed by atoms with Crippen LogP contribution in [0.1, 0.15) is 71.8 Å². The van der Waals surface area contributed by atoms with Crippen LogP contribution in [0.25, 0.3) is 5.57 Å². The molecule has 34 heavy (non-hydrogen) atoms. The number of hydrogen-bond donors (Lipinski definition) is 1. The lowest BCUT2D eigenvalue weighted by atomic mass is 9.68. The Labute approximate surface area is 202 Å². The summed E-state index contributed by atoms with van der Waals surface area (Å²) in [7, 11) is 0. The van der Waals surface area contributed by atoms with Crippen LogP contribution >= 0.6 is 0 Å². The number of allylic oxidation sites excluding steroid dienone is 3. The minimum Gasteiger partial charge on any atom is -0.459 e. The fourth-order valence-corrected chi connectivity index (χ4v) is 6.23. The second-order valence-electron chi connectivity index (χ2n) is 12.1. The molecule has 182 valence electrons. The zero-order valence-electron chi connectivity index (χ0n) is 20.9. The predicted octanol–water partition coefficient (Wildman–Crippen LogP) is 4.90. The second kappa shape index (κ2) is 7.81. The van der Waals surface area contributed by atoms with Gasteiger partial charge in [0.1, 0.15) is 11.2 Å². The van der Waals surface area contributed by atoms with Crippen LogP contribution in [-0.2, 0) is 14.3 Å². The van der Waals surface area contributed by atoms with Crippen molar-refractivity contribution in [3.8, 4) is 0 Å². The molecule has 5 heteroatoms. The highest BCUT2D eigenvalue weighted by atomic mass is 16.6. The molecule has 4 aliphatic rings. The number of carbonyl (C=O) groups excluding carboxylic acids is 2. The Morgan fingerprint density at radius 3 is 2.26 bits per heavy atom. The topological polar surface area (TPSA) is 66.8 Å². The van der Waals surface area contributed by atoms with E-state index in [0.29, 0.717) is 32.4 Å². The lowest BCUT2D eigenvalue weighted by Crippen LogP contribution is -2.47. The number of amides is 1. The van der Waals surface area contributed by atoms with Crippen LogP contribution < -0.4 is 0 Å². The maximum absolute atomic E-state index is 13.8. The Balaban J connectivity index is 1.38. The third-order valence-corrected chi connectivity index (χ3v) is 8.41. The summed E-state index contributed by atoms with van der Waals surface area (Å²) in [5.74, 6) is -0.0275. The van der Waals surface area contributed by atoms with Crippen LogP contribution in [0.2, 0.25) is 0 Å². The minimum atomic E-state index is -1.10. The number of carbonyl (C=O) groups is 2.